The third kappa shape index (κ3) is 4.01. The Bertz CT molecular complexity index is 874. The van der Waals surface area contributed by atoms with Crippen LogP contribution in [0, 0.1) is 26.2 Å². The summed E-state index contributed by atoms with van der Waals surface area (Å²) >= 11 is 0. The summed E-state index contributed by atoms with van der Waals surface area (Å²) in [6, 6.07) is 5.52. The molecule has 0 aliphatic rings. The number of esters is 1. The summed E-state index contributed by atoms with van der Waals surface area (Å²) in [5.74, 6) is 2.10. The van der Waals surface area contributed by atoms with Gasteiger partial charge in [0.15, 0.2) is 0 Å². The molecule has 2 rings (SSSR count). The molecule has 1 N–H and O–H groups in total. The molecular weight excluding hydrogens is 332 g/mol. The molecule has 0 atom stereocenters. The van der Waals surface area contributed by atoms with Crippen molar-refractivity contribution in [2.75, 3.05) is 6.54 Å². The zero-order valence-corrected chi connectivity index (χ0v) is 14.0. The maximum atomic E-state index is 12.1. The fourth-order valence-corrected chi connectivity index (χ4v) is 2.92. The van der Waals surface area contributed by atoms with Crippen LogP contribution in [0.5, 0.6) is 0 Å². The largest absolute Gasteiger partial charge is 0.457 e. The van der Waals surface area contributed by atoms with Gasteiger partial charge in [-0.15, -0.1) is 6.42 Å². The maximum absolute atomic E-state index is 12.1. The molecule has 24 heavy (non-hydrogen) atoms. The van der Waals surface area contributed by atoms with Gasteiger partial charge in [0.25, 0.3) is 0 Å². The van der Waals surface area contributed by atoms with Crippen LogP contribution in [0.2, 0.25) is 0 Å². The molecule has 0 saturated carbocycles. The molecule has 0 saturated heterocycles. The molecule has 126 valence electrons. The molecule has 0 bridgehead atoms. The van der Waals surface area contributed by atoms with Crippen molar-refractivity contribution in [3.8, 4) is 12.3 Å². The van der Waals surface area contributed by atoms with E-state index in [0.717, 1.165) is 0 Å². The predicted octanol–water partition coefficient (Wildman–Crippen LogP) is 1.56. The molecule has 0 spiro atoms. The highest BCUT2D eigenvalue weighted by molar-refractivity contribution is 7.89. The Morgan fingerprint density at radius 1 is 1.42 bits per heavy atom. The summed E-state index contributed by atoms with van der Waals surface area (Å²) < 4.78 is 36.5. The number of hydrogen-bond donors (Lipinski definition) is 1. The summed E-state index contributed by atoms with van der Waals surface area (Å²) in [6.07, 6.45) is 5.04. The molecule has 0 unspecified atom stereocenters. The fourth-order valence-electron chi connectivity index (χ4n) is 1.94. The van der Waals surface area contributed by atoms with Crippen molar-refractivity contribution >= 4 is 16.0 Å². The maximum Gasteiger partial charge on any atom is 0.338 e. The van der Waals surface area contributed by atoms with Crippen molar-refractivity contribution in [2.24, 2.45) is 0 Å². The number of sulfonamides is 1. The van der Waals surface area contributed by atoms with Gasteiger partial charge >= 0.3 is 5.97 Å². The van der Waals surface area contributed by atoms with Crippen molar-refractivity contribution in [2.45, 2.75) is 25.3 Å². The van der Waals surface area contributed by atoms with Crippen molar-refractivity contribution in [3.63, 3.8) is 0 Å². The molecule has 0 radical (unpaired) electrons. The fraction of sp³-hybridized carbons (Fsp3) is 0.250. The standard InChI is InChI=1S/C16H16N2O5S/c1-4-8-17-24(20,21)14-7-5-6-13(9-14)16(19)22-10-15-11(2)18-23-12(15)3/h1,5-7,9,17H,8,10H2,2-3H3. The predicted molar refractivity (Wildman–Crippen MR) is 85.6 cm³/mol. The molecule has 0 aliphatic heterocycles. The normalized spacial score (nSPS) is 11.0. The van der Waals surface area contributed by atoms with Crippen molar-refractivity contribution in [3.05, 3.63) is 46.8 Å². The molecule has 1 aromatic carbocycles. The molecule has 0 aliphatic carbocycles. The second-order valence-electron chi connectivity index (χ2n) is 4.94. The highest BCUT2D eigenvalue weighted by Gasteiger charge is 2.17. The Balaban J connectivity index is 2.14. The van der Waals surface area contributed by atoms with Gasteiger partial charge in [-0.1, -0.05) is 17.1 Å². The van der Waals surface area contributed by atoms with Gasteiger partial charge in [0.05, 0.1) is 28.3 Å². The average molecular weight is 348 g/mol. The van der Waals surface area contributed by atoms with Gasteiger partial charge in [0.1, 0.15) is 12.4 Å². The summed E-state index contributed by atoms with van der Waals surface area (Å²) in [5, 5.41) is 3.77. The number of aromatic nitrogens is 1. The first-order chi connectivity index (χ1) is 11.3. The van der Waals surface area contributed by atoms with Crippen LogP contribution < -0.4 is 4.72 Å². The number of hydrogen-bond acceptors (Lipinski definition) is 6. The minimum atomic E-state index is -3.78. The van der Waals surface area contributed by atoms with E-state index in [1.165, 1.54) is 24.3 Å². The quantitative estimate of drug-likeness (QED) is 0.628. The topological polar surface area (TPSA) is 98.5 Å². The summed E-state index contributed by atoms with van der Waals surface area (Å²) in [7, 11) is -3.78. The van der Waals surface area contributed by atoms with E-state index >= 15 is 0 Å². The molecule has 1 aromatic heterocycles. The minimum Gasteiger partial charge on any atom is -0.457 e. The second-order valence-corrected chi connectivity index (χ2v) is 6.70. The number of nitrogens with zero attached hydrogens (tertiary/aromatic N) is 1. The molecule has 8 heteroatoms. The lowest BCUT2D eigenvalue weighted by Gasteiger charge is -2.07. The second kappa shape index (κ2) is 7.29. The zero-order valence-electron chi connectivity index (χ0n) is 13.2. The van der Waals surface area contributed by atoms with E-state index in [0.29, 0.717) is 17.0 Å². The van der Waals surface area contributed by atoms with Gasteiger partial charge in [-0.2, -0.15) is 4.72 Å². The number of rotatable bonds is 6. The Morgan fingerprint density at radius 3 is 2.79 bits per heavy atom. The van der Waals surface area contributed by atoms with Crippen LogP contribution in [0.4, 0.5) is 0 Å². The van der Waals surface area contributed by atoms with Gasteiger partial charge in [-0.05, 0) is 32.0 Å². The van der Waals surface area contributed by atoms with Gasteiger partial charge in [-0.3, -0.25) is 0 Å². The lowest BCUT2D eigenvalue weighted by molar-refractivity contribution is 0.0470. The summed E-state index contributed by atoms with van der Waals surface area (Å²) in [5.41, 5.74) is 1.43. The van der Waals surface area contributed by atoms with Crippen LogP contribution >= 0.6 is 0 Å². The highest BCUT2D eigenvalue weighted by atomic mass is 32.2. The Kier molecular flexibility index (Phi) is 5.39. The molecule has 0 amide bonds. The first-order valence-corrected chi connectivity index (χ1v) is 8.45. The van der Waals surface area contributed by atoms with E-state index in [4.69, 9.17) is 15.7 Å². The number of aryl methyl sites for hydroxylation is 2. The van der Waals surface area contributed by atoms with Crippen LogP contribution in [-0.4, -0.2) is 26.1 Å². The Morgan fingerprint density at radius 2 is 2.17 bits per heavy atom. The number of terminal acetylenes is 1. The zero-order chi connectivity index (χ0) is 17.7. The van der Waals surface area contributed by atoms with Gasteiger partial charge < -0.3 is 9.26 Å². The third-order valence-corrected chi connectivity index (χ3v) is 4.67. The van der Waals surface area contributed by atoms with E-state index < -0.39 is 16.0 Å². The van der Waals surface area contributed by atoms with E-state index in [1.807, 2.05) is 0 Å². The first-order valence-electron chi connectivity index (χ1n) is 6.97. The van der Waals surface area contributed by atoms with E-state index in [2.05, 4.69) is 15.8 Å². The Hall–Kier alpha value is -2.63. The number of ether oxygens (including phenoxy) is 1. The number of carbonyl (C=O) groups is 1. The van der Waals surface area contributed by atoms with E-state index in [1.54, 1.807) is 13.8 Å². The van der Waals surface area contributed by atoms with Crippen LogP contribution in [0.25, 0.3) is 0 Å². The van der Waals surface area contributed by atoms with Crippen LogP contribution in [0.3, 0.4) is 0 Å². The highest BCUT2D eigenvalue weighted by Crippen LogP contribution is 2.16. The van der Waals surface area contributed by atoms with Crippen LogP contribution in [0.15, 0.2) is 33.7 Å². The lowest BCUT2D eigenvalue weighted by Crippen LogP contribution is -2.24. The SMILES string of the molecule is C#CCNS(=O)(=O)c1cccc(C(=O)OCc2c(C)noc2C)c1. The van der Waals surface area contributed by atoms with E-state index in [-0.39, 0.29) is 23.6 Å². The van der Waals surface area contributed by atoms with Crippen molar-refractivity contribution in [1.82, 2.24) is 9.88 Å². The Labute approximate surface area is 140 Å². The molecule has 7 nitrogen and oxygen atoms in total. The third-order valence-electron chi connectivity index (χ3n) is 3.27. The van der Waals surface area contributed by atoms with Crippen LogP contribution in [-0.2, 0) is 21.4 Å². The average Bonchev–Trinajstić information content (AvgIpc) is 2.89. The molecular formula is C16H16N2O5S. The van der Waals surface area contributed by atoms with Gasteiger partial charge in [0, 0.05) is 0 Å². The lowest BCUT2D eigenvalue weighted by atomic mass is 10.2. The van der Waals surface area contributed by atoms with Gasteiger partial charge in [-0.25, -0.2) is 13.2 Å². The van der Waals surface area contributed by atoms with Gasteiger partial charge in [0.2, 0.25) is 10.0 Å². The number of nitrogens with one attached hydrogen (secondary N) is 1. The monoisotopic (exact) mass is 348 g/mol. The molecule has 0 fully saturated rings. The summed E-state index contributed by atoms with van der Waals surface area (Å²) in [6.45, 7) is 3.31. The van der Waals surface area contributed by atoms with Crippen molar-refractivity contribution in [1.29, 1.82) is 0 Å². The smallest absolute Gasteiger partial charge is 0.338 e. The van der Waals surface area contributed by atoms with Crippen LogP contribution in [0.1, 0.15) is 27.4 Å². The number of benzene rings is 1. The minimum absolute atomic E-state index is 0.00762. The van der Waals surface area contributed by atoms with Crippen molar-refractivity contribution < 1.29 is 22.5 Å². The summed E-state index contributed by atoms with van der Waals surface area (Å²) in [4.78, 5) is 12.1. The van der Waals surface area contributed by atoms with E-state index in [9.17, 15) is 13.2 Å². The molecule has 2 aromatic rings. The molecule has 1 heterocycles. The number of carbonyl (C=O) groups excluding carboxylic acids is 1. The first kappa shape index (κ1) is 17.7.